The van der Waals surface area contributed by atoms with E-state index in [4.69, 9.17) is 16.2 Å². The number of hydrogen-bond acceptors (Lipinski definition) is 4. The normalized spacial score (nSPS) is 10.1. The Labute approximate surface area is 120 Å². The molecule has 2 aromatic carbocycles. The van der Waals surface area contributed by atoms with Gasteiger partial charge in [0, 0.05) is 16.8 Å². The zero-order valence-electron chi connectivity index (χ0n) is 11.0. The maximum atomic E-state index is 13.6. The van der Waals surface area contributed by atoms with Crippen LogP contribution >= 0.6 is 0 Å². The smallest absolute Gasteiger partial charge is 0.338 e. The summed E-state index contributed by atoms with van der Waals surface area (Å²) >= 11 is 0. The topological polar surface area (TPSA) is 95.4 Å². The highest BCUT2D eigenvalue weighted by atomic mass is 19.1. The van der Waals surface area contributed by atoms with Crippen LogP contribution in [-0.4, -0.2) is 11.9 Å². The Morgan fingerprint density at radius 2 is 1.67 bits per heavy atom. The van der Waals surface area contributed by atoms with E-state index >= 15 is 0 Å². The third-order valence-corrected chi connectivity index (χ3v) is 2.84. The second kappa shape index (κ2) is 6.04. The van der Waals surface area contributed by atoms with Crippen molar-refractivity contribution in [2.45, 2.75) is 6.61 Å². The zero-order chi connectivity index (χ0) is 15.4. The second-order valence-corrected chi connectivity index (χ2v) is 4.37. The molecule has 0 aliphatic rings. The Morgan fingerprint density at radius 1 is 1.05 bits per heavy atom. The molecule has 0 unspecified atom stereocenters. The molecule has 2 rings (SSSR count). The van der Waals surface area contributed by atoms with E-state index in [-0.39, 0.29) is 17.7 Å². The molecule has 1 amide bonds. The third-order valence-electron chi connectivity index (χ3n) is 2.84. The molecule has 0 saturated heterocycles. The van der Waals surface area contributed by atoms with Gasteiger partial charge in [0.05, 0.1) is 5.56 Å². The highest BCUT2D eigenvalue weighted by molar-refractivity contribution is 5.93. The van der Waals surface area contributed by atoms with Gasteiger partial charge in [-0.25, -0.2) is 9.18 Å². The van der Waals surface area contributed by atoms with E-state index in [0.717, 1.165) is 6.07 Å². The standard InChI is InChI=1S/C15H13FN2O3/c16-13-6-3-10(14(18)19)7-11(13)8-21-15(20)9-1-4-12(17)5-2-9/h1-7H,8,17H2,(H2,18,19). The number of carbonyl (C=O) groups excluding carboxylic acids is 2. The van der Waals surface area contributed by atoms with Crippen LogP contribution in [0.2, 0.25) is 0 Å². The first-order valence-electron chi connectivity index (χ1n) is 6.08. The molecule has 0 aliphatic heterocycles. The Morgan fingerprint density at radius 3 is 2.29 bits per heavy atom. The Hall–Kier alpha value is -2.89. The number of nitrogens with two attached hydrogens (primary N) is 2. The lowest BCUT2D eigenvalue weighted by Gasteiger charge is -2.07. The van der Waals surface area contributed by atoms with E-state index in [9.17, 15) is 14.0 Å². The number of carbonyl (C=O) groups is 2. The van der Waals surface area contributed by atoms with Gasteiger partial charge in [-0.05, 0) is 42.5 Å². The largest absolute Gasteiger partial charge is 0.457 e. The molecular formula is C15H13FN2O3. The van der Waals surface area contributed by atoms with Crippen molar-refractivity contribution in [3.63, 3.8) is 0 Å². The number of hydrogen-bond donors (Lipinski definition) is 2. The van der Waals surface area contributed by atoms with E-state index in [1.165, 1.54) is 24.3 Å². The summed E-state index contributed by atoms with van der Waals surface area (Å²) < 4.78 is 18.6. The predicted molar refractivity (Wildman–Crippen MR) is 74.9 cm³/mol. The molecular weight excluding hydrogens is 275 g/mol. The van der Waals surface area contributed by atoms with Crippen molar-refractivity contribution >= 4 is 17.6 Å². The quantitative estimate of drug-likeness (QED) is 0.663. The molecule has 108 valence electrons. The minimum Gasteiger partial charge on any atom is -0.457 e. The SMILES string of the molecule is NC(=O)c1ccc(F)c(COC(=O)c2ccc(N)cc2)c1. The lowest BCUT2D eigenvalue weighted by atomic mass is 10.1. The van der Waals surface area contributed by atoms with Gasteiger partial charge in [-0.3, -0.25) is 4.79 Å². The lowest BCUT2D eigenvalue weighted by molar-refractivity contribution is 0.0469. The van der Waals surface area contributed by atoms with Gasteiger partial charge in [0.25, 0.3) is 0 Å². The van der Waals surface area contributed by atoms with Crippen LogP contribution in [0.1, 0.15) is 26.3 Å². The Kier molecular flexibility index (Phi) is 4.18. The molecule has 0 heterocycles. The van der Waals surface area contributed by atoms with Crippen LogP contribution in [0.4, 0.5) is 10.1 Å². The summed E-state index contributed by atoms with van der Waals surface area (Å²) in [5.41, 5.74) is 11.7. The van der Waals surface area contributed by atoms with Gasteiger partial charge in [-0.1, -0.05) is 0 Å². The fraction of sp³-hybridized carbons (Fsp3) is 0.0667. The number of rotatable bonds is 4. The van der Waals surface area contributed by atoms with Crippen LogP contribution in [0.5, 0.6) is 0 Å². The summed E-state index contributed by atoms with van der Waals surface area (Å²) in [6, 6.07) is 9.76. The lowest BCUT2D eigenvalue weighted by Crippen LogP contribution is -2.12. The van der Waals surface area contributed by atoms with E-state index in [2.05, 4.69) is 0 Å². The number of halogens is 1. The van der Waals surface area contributed by atoms with Crippen molar-refractivity contribution in [2.75, 3.05) is 5.73 Å². The van der Waals surface area contributed by atoms with Crippen LogP contribution in [0.25, 0.3) is 0 Å². The number of esters is 1. The van der Waals surface area contributed by atoms with E-state index in [1.807, 2.05) is 0 Å². The number of nitrogen functional groups attached to an aromatic ring is 1. The predicted octanol–water partition coefficient (Wildman–Crippen LogP) is 1.86. The van der Waals surface area contributed by atoms with Gasteiger partial charge >= 0.3 is 5.97 Å². The summed E-state index contributed by atoms with van der Waals surface area (Å²) in [6.45, 7) is -0.295. The van der Waals surface area contributed by atoms with Gasteiger partial charge in [-0.15, -0.1) is 0 Å². The molecule has 0 aromatic heterocycles. The summed E-state index contributed by atoms with van der Waals surface area (Å²) in [5.74, 6) is -1.87. The van der Waals surface area contributed by atoms with Gasteiger partial charge in [0.15, 0.2) is 0 Å². The average Bonchev–Trinajstić information content (AvgIpc) is 2.46. The van der Waals surface area contributed by atoms with Crippen LogP contribution in [0.3, 0.4) is 0 Å². The van der Waals surface area contributed by atoms with Gasteiger partial charge < -0.3 is 16.2 Å². The molecule has 4 N–H and O–H groups in total. The number of anilines is 1. The summed E-state index contributed by atoms with van der Waals surface area (Å²) in [6.07, 6.45) is 0. The molecule has 0 atom stereocenters. The van der Waals surface area contributed by atoms with Crippen molar-refractivity contribution in [1.29, 1.82) is 0 Å². The first kappa shape index (κ1) is 14.5. The van der Waals surface area contributed by atoms with Crippen LogP contribution in [-0.2, 0) is 11.3 Å². The van der Waals surface area contributed by atoms with Crippen molar-refractivity contribution in [3.05, 3.63) is 65.0 Å². The van der Waals surface area contributed by atoms with Crippen molar-refractivity contribution in [3.8, 4) is 0 Å². The van der Waals surface area contributed by atoms with Crippen LogP contribution < -0.4 is 11.5 Å². The molecule has 21 heavy (non-hydrogen) atoms. The number of primary amides is 1. The maximum absolute atomic E-state index is 13.6. The maximum Gasteiger partial charge on any atom is 0.338 e. The van der Waals surface area contributed by atoms with E-state index in [0.29, 0.717) is 11.3 Å². The molecule has 0 saturated carbocycles. The fourth-order valence-electron chi connectivity index (χ4n) is 1.68. The van der Waals surface area contributed by atoms with E-state index in [1.54, 1.807) is 12.1 Å². The highest BCUT2D eigenvalue weighted by Gasteiger charge is 2.11. The summed E-state index contributed by atoms with van der Waals surface area (Å²) in [7, 11) is 0. The molecule has 0 fully saturated rings. The summed E-state index contributed by atoms with van der Waals surface area (Å²) in [5, 5.41) is 0. The fourth-order valence-corrected chi connectivity index (χ4v) is 1.68. The molecule has 6 heteroatoms. The van der Waals surface area contributed by atoms with Crippen molar-refractivity contribution < 1.29 is 18.7 Å². The molecule has 0 bridgehead atoms. The molecule has 5 nitrogen and oxygen atoms in total. The Bertz CT molecular complexity index is 684. The third kappa shape index (κ3) is 3.56. The molecule has 0 radical (unpaired) electrons. The molecule has 0 aliphatic carbocycles. The second-order valence-electron chi connectivity index (χ2n) is 4.37. The van der Waals surface area contributed by atoms with Crippen molar-refractivity contribution in [2.24, 2.45) is 5.73 Å². The first-order valence-corrected chi connectivity index (χ1v) is 6.08. The molecule has 0 spiro atoms. The summed E-state index contributed by atoms with van der Waals surface area (Å²) in [4.78, 5) is 22.8. The number of ether oxygens (including phenoxy) is 1. The van der Waals surface area contributed by atoms with Gasteiger partial charge in [0.2, 0.25) is 5.91 Å². The van der Waals surface area contributed by atoms with Crippen LogP contribution in [0.15, 0.2) is 42.5 Å². The number of amides is 1. The van der Waals surface area contributed by atoms with Crippen LogP contribution in [0, 0.1) is 5.82 Å². The minimum absolute atomic E-state index is 0.0788. The number of benzene rings is 2. The zero-order valence-corrected chi connectivity index (χ0v) is 11.0. The van der Waals surface area contributed by atoms with Gasteiger partial charge in [0.1, 0.15) is 12.4 Å². The van der Waals surface area contributed by atoms with Gasteiger partial charge in [-0.2, -0.15) is 0 Å². The van der Waals surface area contributed by atoms with Crippen molar-refractivity contribution in [1.82, 2.24) is 0 Å². The Balaban J connectivity index is 2.09. The first-order chi connectivity index (χ1) is 9.97. The molecule has 2 aromatic rings. The average molecular weight is 288 g/mol. The monoisotopic (exact) mass is 288 g/mol. The van der Waals surface area contributed by atoms with E-state index < -0.39 is 17.7 Å². The minimum atomic E-state index is -0.680. The highest BCUT2D eigenvalue weighted by Crippen LogP contribution is 2.13.